The van der Waals surface area contributed by atoms with Gasteiger partial charge in [-0.25, -0.2) is 0 Å². The molecule has 0 radical (unpaired) electrons. The van der Waals surface area contributed by atoms with Crippen molar-refractivity contribution in [2.24, 2.45) is 5.16 Å². The Morgan fingerprint density at radius 3 is 2.62 bits per heavy atom. The molecule has 2 rings (SSSR count). The van der Waals surface area contributed by atoms with Gasteiger partial charge in [0.05, 0.1) is 25.5 Å². The summed E-state index contributed by atoms with van der Waals surface area (Å²) in [7, 11) is 3.03. The summed E-state index contributed by atoms with van der Waals surface area (Å²) in [4.78, 5) is 17.2. The first kappa shape index (κ1) is 19.6. The molecule has 0 aliphatic carbocycles. The fourth-order valence-corrected chi connectivity index (χ4v) is 2.47. The molecule has 138 valence electrons. The lowest BCUT2D eigenvalue weighted by Crippen LogP contribution is -2.33. The average Bonchev–Trinajstić information content (AvgIpc) is 2.66. The maximum atomic E-state index is 12.0. The van der Waals surface area contributed by atoms with Crippen LogP contribution >= 0.6 is 11.6 Å². The lowest BCUT2D eigenvalue weighted by molar-refractivity contribution is -0.131. The van der Waals surface area contributed by atoms with Crippen molar-refractivity contribution < 1.29 is 19.1 Å². The van der Waals surface area contributed by atoms with Crippen molar-refractivity contribution in [3.8, 4) is 11.5 Å². The second-order valence-electron chi connectivity index (χ2n) is 5.42. The molecule has 0 fully saturated rings. The highest BCUT2D eigenvalue weighted by molar-refractivity contribution is 6.32. The highest BCUT2D eigenvalue weighted by Crippen LogP contribution is 2.35. The second-order valence-corrected chi connectivity index (χ2v) is 5.83. The number of methoxy groups -OCH3 is 2. The summed E-state index contributed by atoms with van der Waals surface area (Å²) in [6.45, 7) is 2.06. The smallest absolute Gasteiger partial charge is 0.263 e. The molecule has 0 saturated carbocycles. The normalized spacial score (nSPS) is 11.8. The van der Waals surface area contributed by atoms with Crippen LogP contribution in [0.25, 0.3) is 0 Å². The predicted molar refractivity (Wildman–Crippen MR) is 101 cm³/mol. The summed E-state index contributed by atoms with van der Waals surface area (Å²) in [5.74, 6) is 0.673. The van der Waals surface area contributed by atoms with Crippen LogP contribution in [0.5, 0.6) is 11.5 Å². The Morgan fingerprint density at radius 2 is 1.96 bits per heavy atom. The molecule has 0 bridgehead atoms. The van der Waals surface area contributed by atoms with Crippen molar-refractivity contribution in [2.75, 3.05) is 14.2 Å². The number of nitrogens with one attached hydrogen (secondary N) is 1. The lowest BCUT2D eigenvalue weighted by atomic mass is 10.2. The van der Waals surface area contributed by atoms with Crippen LogP contribution in [0.2, 0.25) is 5.02 Å². The number of carbonyl (C=O) groups is 1. The summed E-state index contributed by atoms with van der Waals surface area (Å²) in [6.07, 6.45) is 0.722. The number of rotatable bonds is 8. The standard InChI is InChI=1S/C19H21ClN2O4/c1-13(19(23)21-11-14-7-5-4-6-8-14)26-22-12-15-9-16(20)18(25-3)17(10-15)24-2/h4-10,12-13H,11H2,1-3H3,(H,21,23)/b22-12-/t13-/m1/s1. The van der Waals surface area contributed by atoms with Crippen molar-refractivity contribution >= 4 is 23.7 Å². The molecule has 0 aliphatic rings. The van der Waals surface area contributed by atoms with Gasteiger partial charge in [-0.2, -0.15) is 0 Å². The summed E-state index contributed by atoms with van der Waals surface area (Å²) in [5.41, 5.74) is 1.67. The van der Waals surface area contributed by atoms with Crippen LogP contribution in [0, 0.1) is 0 Å². The lowest BCUT2D eigenvalue weighted by Gasteiger charge is -2.11. The molecule has 1 amide bonds. The van der Waals surface area contributed by atoms with Crippen molar-refractivity contribution in [1.29, 1.82) is 0 Å². The molecule has 26 heavy (non-hydrogen) atoms. The molecular formula is C19H21ClN2O4. The van der Waals surface area contributed by atoms with Gasteiger partial charge in [-0.3, -0.25) is 4.79 Å². The highest BCUT2D eigenvalue weighted by atomic mass is 35.5. The van der Waals surface area contributed by atoms with Gasteiger partial charge in [0.1, 0.15) is 0 Å². The highest BCUT2D eigenvalue weighted by Gasteiger charge is 2.14. The van der Waals surface area contributed by atoms with E-state index in [1.807, 2.05) is 30.3 Å². The Bertz CT molecular complexity index is 766. The zero-order valence-corrected chi connectivity index (χ0v) is 15.6. The third-order valence-electron chi connectivity index (χ3n) is 3.56. The zero-order valence-electron chi connectivity index (χ0n) is 14.9. The van der Waals surface area contributed by atoms with E-state index in [4.69, 9.17) is 25.9 Å². The fraction of sp³-hybridized carbons (Fsp3) is 0.263. The number of benzene rings is 2. The number of hydrogen-bond acceptors (Lipinski definition) is 5. The summed E-state index contributed by atoms with van der Waals surface area (Å²) >= 11 is 6.13. The Labute approximate surface area is 157 Å². The second kappa shape index (κ2) is 9.68. The van der Waals surface area contributed by atoms with Gasteiger partial charge in [-0.15, -0.1) is 0 Å². The van der Waals surface area contributed by atoms with E-state index >= 15 is 0 Å². The Hall–Kier alpha value is -2.73. The summed E-state index contributed by atoms with van der Waals surface area (Å²) in [6, 6.07) is 13.0. The zero-order chi connectivity index (χ0) is 18.9. The molecule has 7 heteroatoms. The van der Waals surface area contributed by atoms with Crippen molar-refractivity contribution in [3.05, 3.63) is 58.6 Å². The number of carbonyl (C=O) groups excluding carboxylic acids is 1. The first-order valence-corrected chi connectivity index (χ1v) is 8.35. The number of amides is 1. The molecule has 6 nitrogen and oxygen atoms in total. The van der Waals surface area contributed by atoms with E-state index in [9.17, 15) is 4.79 Å². The van der Waals surface area contributed by atoms with Gasteiger partial charge in [-0.1, -0.05) is 47.1 Å². The van der Waals surface area contributed by atoms with Crippen LogP contribution < -0.4 is 14.8 Å². The van der Waals surface area contributed by atoms with Crippen molar-refractivity contribution in [3.63, 3.8) is 0 Å². The number of hydrogen-bond donors (Lipinski definition) is 1. The van der Waals surface area contributed by atoms with E-state index in [1.165, 1.54) is 20.4 Å². The van der Waals surface area contributed by atoms with E-state index in [1.54, 1.807) is 19.1 Å². The van der Waals surface area contributed by atoms with Gasteiger partial charge >= 0.3 is 0 Å². The average molecular weight is 377 g/mol. The number of nitrogens with zero attached hydrogens (tertiary/aromatic N) is 1. The molecule has 0 heterocycles. The van der Waals surface area contributed by atoms with E-state index in [-0.39, 0.29) is 5.91 Å². The predicted octanol–water partition coefficient (Wildman–Crippen LogP) is 3.41. The van der Waals surface area contributed by atoms with E-state index in [0.717, 1.165) is 5.56 Å². The Kier molecular flexibility index (Phi) is 7.29. The molecule has 0 saturated heterocycles. The van der Waals surface area contributed by atoms with E-state index < -0.39 is 6.10 Å². The third-order valence-corrected chi connectivity index (χ3v) is 3.84. The monoisotopic (exact) mass is 376 g/mol. The minimum absolute atomic E-state index is 0.253. The summed E-state index contributed by atoms with van der Waals surface area (Å²) in [5, 5.41) is 7.03. The van der Waals surface area contributed by atoms with Gasteiger partial charge < -0.3 is 19.6 Å². The van der Waals surface area contributed by atoms with Crippen molar-refractivity contribution in [1.82, 2.24) is 5.32 Å². The molecule has 2 aromatic carbocycles. The molecule has 0 spiro atoms. The number of oxime groups is 1. The summed E-state index contributed by atoms with van der Waals surface area (Å²) < 4.78 is 10.4. The number of ether oxygens (including phenoxy) is 2. The largest absolute Gasteiger partial charge is 0.493 e. The maximum absolute atomic E-state index is 12.0. The SMILES string of the molecule is COc1cc(/C=N\O[C@H](C)C(=O)NCc2ccccc2)cc(Cl)c1OC. The number of halogens is 1. The molecule has 1 atom stereocenters. The van der Waals surface area contributed by atoms with Crippen LogP contribution in [-0.4, -0.2) is 32.4 Å². The minimum Gasteiger partial charge on any atom is -0.493 e. The molecule has 0 unspecified atom stereocenters. The van der Waals surface area contributed by atoms with Crippen LogP contribution in [0.4, 0.5) is 0 Å². The van der Waals surface area contributed by atoms with Crippen LogP contribution in [0.3, 0.4) is 0 Å². The fourth-order valence-electron chi connectivity index (χ4n) is 2.17. The van der Waals surface area contributed by atoms with Gasteiger partial charge in [0.25, 0.3) is 5.91 Å². The first-order chi connectivity index (χ1) is 12.5. The van der Waals surface area contributed by atoms with Gasteiger partial charge in [0.2, 0.25) is 6.10 Å². The third kappa shape index (κ3) is 5.39. The molecular weight excluding hydrogens is 356 g/mol. The van der Waals surface area contributed by atoms with Crippen LogP contribution in [0.1, 0.15) is 18.1 Å². The molecule has 1 N–H and O–H groups in total. The molecule has 0 aromatic heterocycles. The molecule has 2 aromatic rings. The Balaban J connectivity index is 1.90. The van der Waals surface area contributed by atoms with E-state index in [2.05, 4.69) is 10.5 Å². The van der Waals surface area contributed by atoms with E-state index in [0.29, 0.717) is 28.6 Å². The first-order valence-electron chi connectivity index (χ1n) is 7.97. The Morgan fingerprint density at radius 1 is 1.23 bits per heavy atom. The maximum Gasteiger partial charge on any atom is 0.263 e. The topological polar surface area (TPSA) is 69.2 Å². The van der Waals surface area contributed by atoms with Crippen LogP contribution in [0.15, 0.2) is 47.6 Å². The van der Waals surface area contributed by atoms with Gasteiger partial charge in [-0.05, 0) is 24.6 Å². The molecule has 0 aliphatic heterocycles. The van der Waals surface area contributed by atoms with Crippen LogP contribution in [-0.2, 0) is 16.2 Å². The minimum atomic E-state index is -0.731. The van der Waals surface area contributed by atoms with Crippen molar-refractivity contribution in [2.45, 2.75) is 19.6 Å². The quantitative estimate of drug-likeness (QED) is 0.566. The van der Waals surface area contributed by atoms with Gasteiger partial charge in [0.15, 0.2) is 11.5 Å². The van der Waals surface area contributed by atoms with Gasteiger partial charge in [0, 0.05) is 12.1 Å².